The highest BCUT2D eigenvalue weighted by Crippen LogP contribution is 2.38. The Labute approximate surface area is 192 Å². The van der Waals surface area contributed by atoms with Gasteiger partial charge in [-0.05, 0) is 49.8 Å². The monoisotopic (exact) mass is 447 g/mol. The highest BCUT2D eigenvalue weighted by atomic mass is 19.1. The molecule has 33 heavy (non-hydrogen) atoms. The first-order valence-electron chi connectivity index (χ1n) is 10.7. The summed E-state index contributed by atoms with van der Waals surface area (Å²) in [4.78, 5) is 8.94. The molecule has 2 aromatic heterocycles. The number of methoxy groups -OCH3 is 1. The minimum atomic E-state index is -0.538. The average Bonchev–Trinajstić information content (AvgIpc) is 2.82. The normalized spacial score (nSPS) is 17.5. The topological polar surface area (TPSA) is 106 Å². The van der Waals surface area contributed by atoms with E-state index in [1.807, 2.05) is 13.8 Å². The fraction of sp³-hybridized carbons (Fsp3) is 0.240. The number of aromatic nitrogens is 2. The summed E-state index contributed by atoms with van der Waals surface area (Å²) in [6, 6.07) is 8.12. The molecular formula is C25H26FN5O2. The number of halogens is 1. The molecule has 4 rings (SSSR count). The molecule has 8 heteroatoms. The van der Waals surface area contributed by atoms with Crippen LogP contribution in [0.2, 0.25) is 0 Å². The lowest BCUT2D eigenvalue weighted by atomic mass is 9.92. The molecule has 1 aromatic carbocycles. The van der Waals surface area contributed by atoms with Crippen molar-refractivity contribution in [3.63, 3.8) is 0 Å². The van der Waals surface area contributed by atoms with Crippen LogP contribution in [0.15, 0.2) is 48.3 Å². The third-order valence-electron chi connectivity index (χ3n) is 5.63. The minimum Gasteiger partial charge on any atom is -0.496 e. The second kappa shape index (κ2) is 9.28. The van der Waals surface area contributed by atoms with E-state index in [0.717, 1.165) is 22.4 Å². The molecule has 0 radical (unpaired) electrons. The second-order valence-electron chi connectivity index (χ2n) is 7.69. The zero-order chi connectivity index (χ0) is 23.5. The van der Waals surface area contributed by atoms with E-state index in [2.05, 4.69) is 15.3 Å². The summed E-state index contributed by atoms with van der Waals surface area (Å²) < 4.78 is 26.2. The predicted molar refractivity (Wildman–Crippen MR) is 127 cm³/mol. The molecule has 0 amide bonds. The minimum absolute atomic E-state index is 0.230. The van der Waals surface area contributed by atoms with E-state index in [9.17, 15) is 4.39 Å². The van der Waals surface area contributed by atoms with Crippen LogP contribution < -0.4 is 20.5 Å². The molecule has 0 saturated heterocycles. The SMILES string of the molecule is CCN/C1=C(\C=N)Cc2c(OC)ccnc2-c2ccc(F)cc2[C@@H](C)Oc2cc1cnc2N. The number of nitrogen functional groups attached to an aromatic ring is 1. The molecular weight excluding hydrogens is 421 g/mol. The van der Waals surface area contributed by atoms with Crippen molar-refractivity contribution >= 4 is 17.7 Å². The van der Waals surface area contributed by atoms with Gasteiger partial charge in [-0.1, -0.05) is 0 Å². The third-order valence-corrected chi connectivity index (χ3v) is 5.63. The van der Waals surface area contributed by atoms with Gasteiger partial charge in [0.15, 0.2) is 11.6 Å². The summed E-state index contributed by atoms with van der Waals surface area (Å²) in [5.74, 6) is 0.865. The number of hydrogen-bond acceptors (Lipinski definition) is 7. The van der Waals surface area contributed by atoms with Crippen molar-refractivity contribution in [3.8, 4) is 22.8 Å². The number of pyridine rings is 2. The fourth-order valence-corrected chi connectivity index (χ4v) is 4.07. The molecule has 0 fully saturated rings. The molecule has 0 aliphatic carbocycles. The van der Waals surface area contributed by atoms with Gasteiger partial charge in [0.05, 0.1) is 12.8 Å². The number of ether oxygens (including phenoxy) is 2. The van der Waals surface area contributed by atoms with Crippen LogP contribution >= 0.6 is 0 Å². The van der Waals surface area contributed by atoms with Gasteiger partial charge in [0.25, 0.3) is 0 Å². The van der Waals surface area contributed by atoms with E-state index in [1.54, 1.807) is 37.7 Å². The van der Waals surface area contributed by atoms with Gasteiger partial charge in [0, 0.05) is 59.5 Å². The number of allylic oxidation sites excluding steroid dienone is 1. The lowest BCUT2D eigenvalue weighted by Gasteiger charge is -2.23. The van der Waals surface area contributed by atoms with Crippen molar-refractivity contribution in [1.82, 2.24) is 15.3 Å². The number of nitrogens with zero attached hydrogens (tertiary/aromatic N) is 2. The van der Waals surface area contributed by atoms with Gasteiger partial charge in [0.2, 0.25) is 0 Å². The summed E-state index contributed by atoms with van der Waals surface area (Å²) in [5, 5.41) is 11.5. The van der Waals surface area contributed by atoms with E-state index < -0.39 is 6.10 Å². The molecule has 1 aliphatic rings. The van der Waals surface area contributed by atoms with Gasteiger partial charge in [-0.3, -0.25) is 4.98 Å². The van der Waals surface area contributed by atoms with Crippen molar-refractivity contribution in [1.29, 1.82) is 5.41 Å². The van der Waals surface area contributed by atoms with Gasteiger partial charge in [0.1, 0.15) is 17.7 Å². The molecule has 7 nitrogen and oxygen atoms in total. The number of rotatable bonds is 4. The number of nitrogens with two attached hydrogens (primary N) is 1. The highest BCUT2D eigenvalue weighted by Gasteiger charge is 2.24. The number of anilines is 1. The van der Waals surface area contributed by atoms with Gasteiger partial charge in [-0.2, -0.15) is 0 Å². The van der Waals surface area contributed by atoms with Crippen LogP contribution in [0.25, 0.3) is 17.0 Å². The Bertz CT molecular complexity index is 1240. The van der Waals surface area contributed by atoms with Crippen LogP contribution in [0.4, 0.5) is 10.2 Å². The standard InChI is InChI=1S/C25H26FN5O2/c1-4-29-23-15(12-27)9-20-21(32-3)7-8-30-24(20)18-6-5-17(26)11-19(18)14(2)33-22-10-16(23)13-31-25(22)28/h5-8,10-14,27,29H,4,9H2,1-3H3,(H2,28,31)/b23-15-,27-12?/t14-/m1/s1. The van der Waals surface area contributed by atoms with E-state index in [4.69, 9.17) is 20.6 Å². The predicted octanol–water partition coefficient (Wildman–Crippen LogP) is 4.54. The van der Waals surface area contributed by atoms with Crippen molar-refractivity contribution in [2.24, 2.45) is 0 Å². The number of nitrogens with one attached hydrogen (secondary N) is 2. The van der Waals surface area contributed by atoms with Gasteiger partial charge in [-0.15, -0.1) is 0 Å². The lowest BCUT2D eigenvalue weighted by molar-refractivity contribution is 0.227. The van der Waals surface area contributed by atoms with Crippen molar-refractivity contribution < 1.29 is 13.9 Å². The Morgan fingerprint density at radius 3 is 2.85 bits per heavy atom. The fourth-order valence-electron chi connectivity index (χ4n) is 4.07. The Balaban J connectivity index is 2.08. The summed E-state index contributed by atoms with van der Waals surface area (Å²) in [6.07, 6.45) is 4.44. The van der Waals surface area contributed by atoms with E-state index in [0.29, 0.717) is 41.3 Å². The number of benzene rings is 1. The Kier molecular flexibility index (Phi) is 6.26. The average molecular weight is 448 g/mol. The lowest BCUT2D eigenvalue weighted by Crippen LogP contribution is -2.17. The first kappa shape index (κ1) is 22.3. The first-order valence-corrected chi connectivity index (χ1v) is 10.7. The molecule has 170 valence electrons. The quantitative estimate of drug-likeness (QED) is 0.507. The Hall–Kier alpha value is -3.94. The Morgan fingerprint density at radius 1 is 1.30 bits per heavy atom. The molecule has 0 spiro atoms. The van der Waals surface area contributed by atoms with Gasteiger partial charge >= 0.3 is 0 Å². The van der Waals surface area contributed by atoms with Crippen LogP contribution in [0, 0.1) is 11.2 Å². The molecule has 0 saturated carbocycles. The van der Waals surface area contributed by atoms with Gasteiger partial charge < -0.3 is 25.9 Å². The zero-order valence-corrected chi connectivity index (χ0v) is 18.8. The third kappa shape index (κ3) is 4.24. The molecule has 0 unspecified atom stereocenters. The van der Waals surface area contributed by atoms with E-state index >= 15 is 0 Å². The maximum absolute atomic E-state index is 14.3. The highest BCUT2D eigenvalue weighted by molar-refractivity contribution is 5.90. The number of fused-ring (bicyclic) bond motifs is 5. The summed E-state index contributed by atoms with van der Waals surface area (Å²) in [5.41, 5.74) is 11.1. The first-order chi connectivity index (χ1) is 16.0. The summed E-state index contributed by atoms with van der Waals surface area (Å²) >= 11 is 0. The molecule has 3 heterocycles. The molecule has 4 N–H and O–H groups in total. The largest absolute Gasteiger partial charge is 0.496 e. The van der Waals surface area contributed by atoms with Crippen molar-refractivity contribution in [3.05, 3.63) is 70.8 Å². The van der Waals surface area contributed by atoms with Crippen molar-refractivity contribution in [2.75, 3.05) is 19.4 Å². The Morgan fingerprint density at radius 2 is 2.12 bits per heavy atom. The van der Waals surface area contributed by atoms with Crippen LogP contribution in [0.5, 0.6) is 11.5 Å². The van der Waals surface area contributed by atoms with E-state index in [-0.39, 0.29) is 11.6 Å². The van der Waals surface area contributed by atoms with Crippen LogP contribution in [0.1, 0.15) is 36.6 Å². The van der Waals surface area contributed by atoms with Gasteiger partial charge in [-0.25, -0.2) is 9.37 Å². The summed E-state index contributed by atoms with van der Waals surface area (Å²) in [7, 11) is 1.60. The molecule has 2 bridgehead atoms. The van der Waals surface area contributed by atoms with Crippen LogP contribution in [-0.2, 0) is 6.42 Å². The second-order valence-corrected chi connectivity index (χ2v) is 7.69. The molecule has 1 atom stereocenters. The van der Waals surface area contributed by atoms with E-state index in [1.165, 1.54) is 18.3 Å². The summed E-state index contributed by atoms with van der Waals surface area (Å²) in [6.45, 7) is 4.46. The molecule has 1 aliphatic heterocycles. The maximum Gasteiger partial charge on any atom is 0.166 e. The molecule has 3 aromatic rings. The number of hydrogen-bond donors (Lipinski definition) is 3. The maximum atomic E-state index is 14.3. The smallest absolute Gasteiger partial charge is 0.166 e. The van der Waals surface area contributed by atoms with Crippen LogP contribution in [-0.4, -0.2) is 29.8 Å². The van der Waals surface area contributed by atoms with Crippen LogP contribution in [0.3, 0.4) is 0 Å². The van der Waals surface area contributed by atoms with Crippen molar-refractivity contribution in [2.45, 2.75) is 26.4 Å². The zero-order valence-electron chi connectivity index (χ0n) is 18.8.